The van der Waals surface area contributed by atoms with E-state index in [4.69, 9.17) is 15.2 Å². The molecule has 0 saturated carbocycles. The number of aromatic nitrogens is 4. The zero-order valence-corrected chi connectivity index (χ0v) is 16.1. The highest BCUT2D eigenvalue weighted by molar-refractivity contribution is 9.10. The molecule has 0 radical (unpaired) electrons. The lowest BCUT2D eigenvalue weighted by Crippen LogP contribution is -2.18. The molecule has 1 aromatic heterocycles. The monoisotopic (exact) mass is 436 g/mol. The van der Waals surface area contributed by atoms with Gasteiger partial charge in [-0.15, -0.1) is 4.79 Å². The third-order valence-electron chi connectivity index (χ3n) is 3.63. The minimum atomic E-state index is -0.281. The van der Waals surface area contributed by atoms with E-state index in [2.05, 4.69) is 36.9 Å². The predicted octanol–water partition coefficient (Wildman–Crippen LogP) is 2.88. The van der Waals surface area contributed by atoms with Crippen molar-refractivity contribution in [2.24, 2.45) is 0 Å². The fraction of sp³-hybridized carbons (Fsp3) is 0.235. The van der Waals surface area contributed by atoms with Crippen LogP contribution < -0.4 is 20.6 Å². The van der Waals surface area contributed by atoms with Crippen LogP contribution >= 0.6 is 15.9 Å². The summed E-state index contributed by atoms with van der Waals surface area (Å²) in [6, 6.07) is 9.85. The second-order valence-electron chi connectivity index (χ2n) is 5.52. The first-order chi connectivity index (χ1) is 13.1. The zero-order valence-electron chi connectivity index (χ0n) is 14.5. The van der Waals surface area contributed by atoms with Gasteiger partial charge in [-0.2, -0.15) is 0 Å². The van der Waals surface area contributed by atoms with Gasteiger partial charge in [0, 0.05) is 4.47 Å². The Morgan fingerprint density at radius 3 is 2.59 bits per heavy atom. The normalized spacial score (nSPS) is 10.6. The number of nitrogen functional groups attached to an aromatic ring is 1. The molecule has 0 spiro atoms. The molecule has 3 N–H and O–H groups in total. The molecule has 0 amide bonds. The fourth-order valence-electron chi connectivity index (χ4n) is 2.30. The summed E-state index contributed by atoms with van der Waals surface area (Å²) in [4.78, 5) is 1.28. The van der Waals surface area contributed by atoms with Crippen molar-refractivity contribution in [1.29, 1.82) is 0 Å². The van der Waals surface area contributed by atoms with Crippen LogP contribution in [-0.2, 0) is 13.2 Å². The van der Waals surface area contributed by atoms with Crippen LogP contribution in [0.4, 0.5) is 10.3 Å². The van der Waals surface area contributed by atoms with Gasteiger partial charge in [-0.25, -0.2) is 4.39 Å². The van der Waals surface area contributed by atoms with E-state index in [1.165, 1.54) is 16.9 Å². The minimum absolute atomic E-state index is 0.162. The first kappa shape index (κ1) is 18.9. The summed E-state index contributed by atoms with van der Waals surface area (Å²) >= 11 is 3.53. The van der Waals surface area contributed by atoms with E-state index in [0.29, 0.717) is 31.3 Å². The highest BCUT2D eigenvalue weighted by atomic mass is 79.9. The van der Waals surface area contributed by atoms with E-state index in [0.717, 1.165) is 15.6 Å². The molecular weight excluding hydrogens is 419 g/mol. The number of nitrogens with one attached hydrogen (secondary N) is 1. The molecule has 0 unspecified atom stereocenters. The summed E-state index contributed by atoms with van der Waals surface area (Å²) < 4.78 is 25.4. The van der Waals surface area contributed by atoms with E-state index in [-0.39, 0.29) is 11.8 Å². The summed E-state index contributed by atoms with van der Waals surface area (Å²) in [7, 11) is 0. The van der Waals surface area contributed by atoms with E-state index in [1.54, 1.807) is 12.1 Å². The SMILES string of the molecule is CCOc1cc(CNn2nnnc2N)c(Br)cc1OCc1ccc(F)cc1. The lowest BCUT2D eigenvalue weighted by Gasteiger charge is -2.15. The number of rotatable bonds is 8. The van der Waals surface area contributed by atoms with Crippen LogP contribution in [0.1, 0.15) is 18.1 Å². The molecule has 0 fully saturated rings. The average Bonchev–Trinajstić information content (AvgIpc) is 3.07. The topological polar surface area (TPSA) is 100 Å². The van der Waals surface area contributed by atoms with Crippen LogP contribution in [0.2, 0.25) is 0 Å². The van der Waals surface area contributed by atoms with Gasteiger partial charge in [-0.05, 0) is 52.7 Å². The first-order valence-corrected chi connectivity index (χ1v) is 8.96. The number of hydrogen-bond donors (Lipinski definition) is 2. The Morgan fingerprint density at radius 2 is 1.93 bits per heavy atom. The summed E-state index contributed by atoms with van der Waals surface area (Å²) in [5.74, 6) is 1.06. The molecule has 0 atom stereocenters. The number of hydrogen-bond acceptors (Lipinski definition) is 7. The second-order valence-corrected chi connectivity index (χ2v) is 6.38. The zero-order chi connectivity index (χ0) is 19.2. The van der Waals surface area contributed by atoms with Crippen molar-refractivity contribution in [2.45, 2.75) is 20.1 Å². The van der Waals surface area contributed by atoms with Crippen LogP contribution in [0.15, 0.2) is 40.9 Å². The van der Waals surface area contributed by atoms with Crippen molar-refractivity contribution in [3.8, 4) is 11.5 Å². The largest absolute Gasteiger partial charge is 0.490 e. The Labute approximate surface area is 163 Å². The maximum absolute atomic E-state index is 13.0. The number of halogens is 2. The highest BCUT2D eigenvalue weighted by Gasteiger charge is 2.12. The van der Waals surface area contributed by atoms with Gasteiger partial charge in [0.2, 0.25) is 0 Å². The van der Waals surface area contributed by atoms with Gasteiger partial charge in [0.15, 0.2) is 11.5 Å². The second kappa shape index (κ2) is 8.67. The maximum Gasteiger partial charge on any atom is 0.260 e. The summed E-state index contributed by atoms with van der Waals surface area (Å²) in [5.41, 5.74) is 10.4. The van der Waals surface area contributed by atoms with Gasteiger partial charge in [-0.1, -0.05) is 33.2 Å². The van der Waals surface area contributed by atoms with E-state index in [1.807, 2.05) is 19.1 Å². The summed E-state index contributed by atoms with van der Waals surface area (Å²) in [6.07, 6.45) is 0. The van der Waals surface area contributed by atoms with Gasteiger partial charge < -0.3 is 20.6 Å². The van der Waals surface area contributed by atoms with Crippen LogP contribution in [0.3, 0.4) is 0 Å². The van der Waals surface area contributed by atoms with Gasteiger partial charge in [0.25, 0.3) is 5.95 Å². The molecule has 142 valence electrons. The van der Waals surface area contributed by atoms with Gasteiger partial charge in [0.05, 0.1) is 13.2 Å². The third-order valence-corrected chi connectivity index (χ3v) is 4.37. The van der Waals surface area contributed by atoms with Crippen LogP contribution in [0.25, 0.3) is 0 Å². The molecular formula is C17H18BrFN6O2. The first-order valence-electron chi connectivity index (χ1n) is 8.17. The molecule has 3 rings (SSSR count). The number of nitrogens with zero attached hydrogens (tertiary/aromatic N) is 4. The Balaban J connectivity index is 1.74. The fourth-order valence-corrected chi connectivity index (χ4v) is 2.76. The lowest BCUT2D eigenvalue weighted by atomic mass is 10.2. The molecule has 1 heterocycles. The Bertz CT molecular complexity index is 903. The molecule has 0 aliphatic carbocycles. The molecule has 27 heavy (non-hydrogen) atoms. The Morgan fingerprint density at radius 1 is 1.19 bits per heavy atom. The number of ether oxygens (including phenoxy) is 2. The molecule has 0 bridgehead atoms. The smallest absolute Gasteiger partial charge is 0.260 e. The average molecular weight is 437 g/mol. The lowest BCUT2D eigenvalue weighted by molar-refractivity contribution is 0.269. The van der Waals surface area contributed by atoms with Gasteiger partial charge in [0.1, 0.15) is 12.4 Å². The van der Waals surface area contributed by atoms with Crippen LogP contribution in [0.5, 0.6) is 11.5 Å². The Kier molecular flexibility index (Phi) is 6.07. The van der Waals surface area contributed by atoms with Crippen molar-refractivity contribution >= 4 is 21.9 Å². The molecule has 0 aliphatic heterocycles. The highest BCUT2D eigenvalue weighted by Crippen LogP contribution is 2.34. The molecule has 0 saturated heterocycles. The third kappa shape index (κ3) is 4.85. The van der Waals surface area contributed by atoms with Crippen molar-refractivity contribution in [1.82, 2.24) is 20.3 Å². The molecule has 8 nitrogen and oxygen atoms in total. The number of nitrogens with two attached hydrogens (primary N) is 1. The van der Waals surface area contributed by atoms with Crippen molar-refractivity contribution < 1.29 is 13.9 Å². The van der Waals surface area contributed by atoms with Crippen molar-refractivity contribution in [3.05, 3.63) is 57.8 Å². The van der Waals surface area contributed by atoms with Crippen molar-refractivity contribution in [3.63, 3.8) is 0 Å². The predicted molar refractivity (Wildman–Crippen MR) is 101 cm³/mol. The van der Waals surface area contributed by atoms with E-state index >= 15 is 0 Å². The molecule has 10 heteroatoms. The molecule has 2 aromatic carbocycles. The Hall–Kier alpha value is -2.88. The van der Waals surface area contributed by atoms with E-state index < -0.39 is 0 Å². The molecule has 3 aromatic rings. The summed E-state index contributed by atoms with van der Waals surface area (Å²) in [5, 5.41) is 10.8. The number of benzene rings is 2. The number of tetrazole rings is 1. The van der Waals surface area contributed by atoms with Crippen molar-refractivity contribution in [2.75, 3.05) is 17.8 Å². The standard InChI is InChI=1S/C17H18BrFN6O2/c1-2-26-15-7-12(9-21-25-17(20)22-23-24-25)14(18)8-16(15)27-10-11-3-5-13(19)6-4-11/h3-8,21H,2,9-10H2,1H3,(H2,20,22,24). The van der Waals surface area contributed by atoms with E-state index in [9.17, 15) is 4.39 Å². The van der Waals surface area contributed by atoms with Gasteiger partial charge in [-0.3, -0.25) is 0 Å². The summed E-state index contributed by atoms with van der Waals surface area (Å²) in [6.45, 7) is 3.09. The van der Waals surface area contributed by atoms with Crippen LogP contribution in [-0.4, -0.2) is 26.9 Å². The quantitative estimate of drug-likeness (QED) is 0.559. The van der Waals surface area contributed by atoms with Crippen LogP contribution in [0, 0.1) is 5.82 Å². The maximum atomic E-state index is 13.0. The molecule has 0 aliphatic rings. The van der Waals surface area contributed by atoms with Gasteiger partial charge >= 0.3 is 0 Å². The minimum Gasteiger partial charge on any atom is -0.490 e. The number of anilines is 1.